The van der Waals surface area contributed by atoms with Crippen LogP contribution >= 0.6 is 0 Å². The van der Waals surface area contributed by atoms with Crippen molar-refractivity contribution in [2.45, 2.75) is 32.6 Å². The lowest BCUT2D eigenvalue weighted by molar-refractivity contribution is -0.138. The molecule has 1 aliphatic rings. The Kier molecular flexibility index (Phi) is 3.50. The molecule has 1 N–H and O–H groups in total. The minimum Gasteiger partial charge on any atom is -0.481 e. The van der Waals surface area contributed by atoms with Crippen molar-refractivity contribution in [1.29, 1.82) is 0 Å². The van der Waals surface area contributed by atoms with Crippen molar-refractivity contribution in [2.24, 2.45) is 11.8 Å². The third kappa shape index (κ3) is 2.72. The summed E-state index contributed by atoms with van der Waals surface area (Å²) in [4.78, 5) is 10.6. The summed E-state index contributed by atoms with van der Waals surface area (Å²) in [6, 6.07) is 0. The first-order valence-corrected chi connectivity index (χ1v) is 5.05. The van der Waals surface area contributed by atoms with Crippen molar-refractivity contribution in [1.82, 2.24) is 0 Å². The Morgan fingerprint density at radius 1 is 1.64 bits per heavy atom. The third-order valence-electron chi connectivity index (χ3n) is 3.08. The van der Waals surface area contributed by atoms with Gasteiger partial charge in [-0.3, -0.25) is 4.79 Å². The maximum absolute atomic E-state index is 10.6. The van der Waals surface area contributed by atoms with E-state index in [0.29, 0.717) is 5.92 Å². The minimum atomic E-state index is -0.724. The summed E-state index contributed by atoms with van der Waals surface area (Å²) in [5.74, 6) is -0.0775. The predicted octanol–water partition coefficient (Wildman–Crippen LogP) is 3.01. The first-order chi connectivity index (χ1) is 6.50. The van der Waals surface area contributed by atoms with Crippen LogP contribution in [0.4, 0.5) is 0 Å². The van der Waals surface area contributed by atoms with E-state index in [9.17, 15) is 4.79 Å². The summed E-state index contributed by atoms with van der Waals surface area (Å²) < 4.78 is 0. The smallest absolute Gasteiger partial charge is 0.303 e. The number of carboxylic acid groups (broad SMARTS) is 1. The lowest BCUT2D eigenvalue weighted by Crippen LogP contribution is -2.20. The van der Waals surface area contributed by atoms with E-state index in [0.717, 1.165) is 24.8 Å². The molecule has 1 fully saturated rings. The number of carbonyl (C=O) groups is 1. The Labute approximate surface area is 85.3 Å². The van der Waals surface area contributed by atoms with Crippen LogP contribution in [-0.4, -0.2) is 11.1 Å². The Balaban J connectivity index is 2.59. The molecule has 2 nitrogen and oxygen atoms in total. The second-order valence-electron chi connectivity index (χ2n) is 4.27. The van der Waals surface area contributed by atoms with Gasteiger partial charge in [0.1, 0.15) is 0 Å². The zero-order valence-electron chi connectivity index (χ0n) is 8.75. The van der Waals surface area contributed by atoms with Crippen molar-refractivity contribution in [3.05, 3.63) is 24.3 Å². The highest BCUT2D eigenvalue weighted by Crippen LogP contribution is 2.37. The van der Waals surface area contributed by atoms with Crippen LogP contribution in [0.1, 0.15) is 32.6 Å². The van der Waals surface area contributed by atoms with Crippen LogP contribution in [0.5, 0.6) is 0 Å². The van der Waals surface area contributed by atoms with Crippen molar-refractivity contribution in [3.8, 4) is 0 Å². The van der Waals surface area contributed by atoms with Crippen LogP contribution in [0.15, 0.2) is 24.3 Å². The molecule has 0 saturated heterocycles. The first-order valence-electron chi connectivity index (χ1n) is 5.05. The van der Waals surface area contributed by atoms with Gasteiger partial charge < -0.3 is 5.11 Å². The van der Waals surface area contributed by atoms with Crippen LogP contribution in [-0.2, 0) is 4.79 Å². The molecule has 0 amide bonds. The standard InChI is InChI=1S/C12H18O2/c1-8(2)10-5-4-9(3)11(6-10)7-12(13)14/h10-11H,1,3-7H2,2H3,(H,13,14). The van der Waals surface area contributed by atoms with Gasteiger partial charge in [0.2, 0.25) is 0 Å². The predicted molar refractivity (Wildman–Crippen MR) is 57.0 cm³/mol. The molecule has 1 aliphatic carbocycles. The fourth-order valence-electron chi connectivity index (χ4n) is 2.08. The van der Waals surface area contributed by atoms with Crippen molar-refractivity contribution < 1.29 is 9.90 Å². The average molecular weight is 194 g/mol. The Bertz CT molecular complexity index is 265. The summed E-state index contributed by atoms with van der Waals surface area (Å²) in [7, 11) is 0. The summed E-state index contributed by atoms with van der Waals surface area (Å²) in [6.07, 6.45) is 3.18. The zero-order chi connectivity index (χ0) is 10.7. The Morgan fingerprint density at radius 3 is 2.79 bits per heavy atom. The second-order valence-corrected chi connectivity index (χ2v) is 4.27. The number of rotatable bonds is 3. The number of hydrogen-bond acceptors (Lipinski definition) is 1. The largest absolute Gasteiger partial charge is 0.481 e. The normalized spacial score (nSPS) is 27.4. The van der Waals surface area contributed by atoms with E-state index >= 15 is 0 Å². The molecule has 1 saturated carbocycles. The van der Waals surface area contributed by atoms with Gasteiger partial charge in [-0.25, -0.2) is 0 Å². The topological polar surface area (TPSA) is 37.3 Å². The molecule has 0 bridgehead atoms. The quantitative estimate of drug-likeness (QED) is 0.701. The molecule has 2 atom stereocenters. The van der Waals surface area contributed by atoms with Gasteiger partial charge in [0, 0.05) is 0 Å². The molecule has 0 aromatic rings. The fourth-order valence-corrected chi connectivity index (χ4v) is 2.08. The van der Waals surface area contributed by atoms with Crippen LogP contribution in [0.3, 0.4) is 0 Å². The summed E-state index contributed by atoms with van der Waals surface area (Å²) in [5.41, 5.74) is 2.28. The molecule has 0 spiro atoms. The fraction of sp³-hybridized carbons (Fsp3) is 0.583. The van der Waals surface area contributed by atoms with Crippen molar-refractivity contribution in [2.75, 3.05) is 0 Å². The van der Waals surface area contributed by atoms with E-state index in [1.165, 1.54) is 5.57 Å². The molecule has 14 heavy (non-hydrogen) atoms. The van der Waals surface area contributed by atoms with Crippen LogP contribution in [0.2, 0.25) is 0 Å². The first kappa shape index (κ1) is 11.0. The molecule has 0 aliphatic heterocycles. The highest BCUT2D eigenvalue weighted by atomic mass is 16.4. The van der Waals surface area contributed by atoms with Crippen molar-refractivity contribution >= 4 is 5.97 Å². The Morgan fingerprint density at radius 2 is 2.29 bits per heavy atom. The van der Waals surface area contributed by atoms with E-state index in [1.54, 1.807) is 0 Å². The summed E-state index contributed by atoms with van der Waals surface area (Å²) >= 11 is 0. The van der Waals surface area contributed by atoms with Gasteiger partial charge >= 0.3 is 5.97 Å². The highest BCUT2D eigenvalue weighted by Gasteiger charge is 2.26. The maximum Gasteiger partial charge on any atom is 0.303 e. The maximum atomic E-state index is 10.6. The molecule has 0 heterocycles. The van der Waals surface area contributed by atoms with Gasteiger partial charge in [-0.15, -0.1) is 0 Å². The lowest BCUT2D eigenvalue weighted by atomic mass is 9.75. The SMILES string of the molecule is C=C(C)C1CCC(=C)C(CC(=O)O)C1. The van der Waals surface area contributed by atoms with Gasteiger partial charge in [0.15, 0.2) is 0 Å². The molecular weight excluding hydrogens is 176 g/mol. The van der Waals surface area contributed by atoms with Gasteiger partial charge in [-0.2, -0.15) is 0 Å². The minimum absolute atomic E-state index is 0.156. The monoisotopic (exact) mass is 194 g/mol. The Hall–Kier alpha value is -1.05. The van der Waals surface area contributed by atoms with Gasteiger partial charge in [-0.1, -0.05) is 24.3 Å². The van der Waals surface area contributed by atoms with Crippen LogP contribution in [0, 0.1) is 11.8 Å². The molecular formula is C12H18O2. The molecule has 2 unspecified atom stereocenters. The number of hydrogen-bond donors (Lipinski definition) is 1. The highest BCUT2D eigenvalue weighted by molar-refractivity contribution is 5.67. The van der Waals surface area contributed by atoms with E-state index in [1.807, 2.05) is 6.92 Å². The van der Waals surface area contributed by atoms with E-state index in [2.05, 4.69) is 13.2 Å². The van der Waals surface area contributed by atoms with Gasteiger partial charge in [0.25, 0.3) is 0 Å². The number of allylic oxidation sites excluding steroid dienone is 2. The van der Waals surface area contributed by atoms with E-state index in [-0.39, 0.29) is 12.3 Å². The zero-order valence-corrected chi connectivity index (χ0v) is 8.75. The summed E-state index contributed by atoms with van der Waals surface area (Å²) in [5, 5.41) is 8.74. The third-order valence-corrected chi connectivity index (χ3v) is 3.08. The van der Waals surface area contributed by atoms with E-state index in [4.69, 9.17) is 5.11 Å². The average Bonchev–Trinajstić information content (AvgIpc) is 2.07. The van der Waals surface area contributed by atoms with Crippen LogP contribution < -0.4 is 0 Å². The molecule has 0 radical (unpaired) electrons. The molecule has 0 aromatic carbocycles. The molecule has 2 heteroatoms. The van der Waals surface area contributed by atoms with Gasteiger partial charge in [0.05, 0.1) is 6.42 Å². The lowest BCUT2D eigenvalue weighted by Gasteiger charge is -2.30. The van der Waals surface area contributed by atoms with Crippen molar-refractivity contribution in [3.63, 3.8) is 0 Å². The summed E-state index contributed by atoms with van der Waals surface area (Å²) in [6.45, 7) is 9.91. The number of carboxylic acids is 1. The molecule has 1 rings (SSSR count). The molecule has 0 aromatic heterocycles. The molecule has 78 valence electrons. The number of aliphatic carboxylic acids is 1. The van der Waals surface area contributed by atoms with Crippen LogP contribution in [0.25, 0.3) is 0 Å². The van der Waals surface area contributed by atoms with E-state index < -0.39 is 5.97 Å². The van der Waals surface area contributed by atoms with Gasteiger partial charge in [-0.05, 0) is 38.0 Å². The second kappa shape index (κ2) is 4.45.